The highest BCUT2D eigenvalue weighted by atomic mass is 16.3. The zero-order chi connectivity index (χ0) is 19.5. The largest absolute Gasteiger partial charge is 0.464 e. The van der Waals surface area contributed by atoms with Crippen LogP contribution in [0.3, 0.4) is 0 Å². The van der Waals surface area contributed by atoms with Crippen molar-refractivity contribution in [3.05, 3.63) is 59.8 Å². The summed E-state index contributed by atoms with van der Waals surface area (Å²) in [5.41, 5.74) is 2.51. The Morgan fingerprint density at radius 1 is 1.18 bits per heavy atom. The molecule has 1 aliphatic carbocycles. The quantitative estimate of drug-likeness (QED) is 0.710. The average molecular weight is 379 g/mol. The van der Waals surface area contributed by atoms with E-state index in [-0.39, 0.29) is 12.1 Å². The van der Waals surface area contributed by atoms with E-state index in [0.29, 0.717) is 6.54 Å². The first-order valence-corrected chi connectivity index (χ1v) is 9.71. The average Bonchev–Trinajstić information content (AvgIpc) is 3.43. The summed E-state index contributed by atoms with van der Waals surface area (Å²) in [6, 6.07) is 11.6. The Balaban J connectivity index is 1.47. The number of benzene rings is 1. The molecule has 28 heavy (non-hydrogen) atoms. The molecule has 2 aromatic heterocycles. The predicted molar refractivity (Wildman–Crippen MR) is 106 cm³/mol. The lowest BCUT2D eigenvalue weighted by molar-refractivity contribution is 0.178. The van der Waals surface area contributed by atoms with Crippen molar-refractivity contribution >= 4 is 11.7 Å². The predicted octanol–water partition coefficient (Wildman–Crippen LogP) is 4.45. The van der Waals surface area contributed by atoms with E-state index < -0.39 is 0 Å². The molecule has 0 atom stereocenters. The van der Waals surface area contributed by atoms with Gasteiger partial charge in [-0.25, -0.2) is 9.48 Å². The number of hydrogen-bond acceptors (Lipinski definition) is 4. The summed E-state index contributed by atoms with van der Waals surface area (Å²) in [7, 11) is 0. The maximum Gasteiger partial charge on any atom is 0.322 e. The van der Waals surface area contributed by atoms with Crippen molar-refractivity contribution in [3.63, 3.8) is 0 Å². The second-order valence-electron chi connectivity index (χ2n) is 7.36. The summed E-state index contributed by atoms with van der Waals surface area (Å²) < 4.78 is 7.42. The van der Waals surface area contributed by atoms with E-state index in [4.69, 9.17) is 4.42 Å². The van der Waals surface area contributed by atoms with E-state index in [0.717, 1.165) is 54.3 Å². The molecular formula is C21H25N5O2. The van der Waals surface area contributed by atoms with Crippen LogP contribution in [0.2, 0.25) is 0 Å². The molecule has 0 aliphatic heterocycles. The van der Waals surface area contributed by atoms with Gasteiger partial charge in [0.05, 0.1) is 24.1 Å². The molecule has 0 bridgehead atoms. The molecular weight excluding hydrogens is 354 g/mol. The molecule has 7 heteroatoms. The maximum atomic E-state index is 13.0. The summed E-state index contributed by atoms with van der Waals surface area (Å²) >= 11 is 0. The monoisotopic (exact) mass is 379 g/mol. The number of carbonyl (C=O) groups is 1. The summed E-state index contributed by atoms with van der Waals surface area (Å²) in [6.07, 6.45) is 6.27. The van der Waals surface area contributed by atoms with Crippen molar-refractivity contribution in [1.82, 2.24) is 19.9 Å². The van der Waals surface area contributed by atoms with E-state index in [1.54, 1.807) is 4.68 Å². The molecule has 3 aromatic rings. The van der Waals surface area contributed by atoms with Crippen LogP contribution in [0.15, 0.2) is 47.0 Å². The molecule has 146 valence electrons. The normalized spacial score (nSPS) is 14.4. The standard InChI is InChI=1S/C21H25N5O2/c1-15-13-26(24-23-15)19-10-8-17(9-11-19)22-21(27)25(18-5-3-4-6-18)14-20-12-7-16(2)28-20/h7-13,18H,3-6,14H2,1-2H3,(H,22,27). The first-order valence-electron chi connectivity index (χ1n) is 9.71. The van der Waals surface area contributed by atoms with Gasteiger partial charge in [-0.2, -0.15) is 0 Å². The van der Waals surface area contributed by atoms with E-state index >= 15 is 0 Å². The minimum Gasteiger partial charge on any atom is -0.464 e. The van der Waals surface area contributed by atoms with Crippen molar-refractivity contribution in [3.8, 4) is 5.69 Å². The SMILES string of the molecule is Cc1cn(-c2ccc(NC(=O)N(Cc3ccc(C)o3)C3CCCC3)cc2)nn1. The number of hydrogen-bond donors (Lipinski definition) is 1. The Kier molecular flexibility index (Phi) is 5.14. The molecule has 0 saturated heterocycles. The van der Waals surface area contributed by atoms with Crippen LogP contribution in [0.5, 0.6) is 0 Å². The lowest BCUT2D eigenvalue weighted by atomic mass is 10.2. The number of urea groups is 1. The lowest BCUT2D eigenvalue weighted by Gasteiger charge is -2.28. The zero-order valence-electron chi connectivity index (χ0n) is 16.3. The van der Waals surface area contributed by atoms with Gasteiger partial charge in [0, 0.05) is 11.7 Å². The van der Waals surface area contributed by atoms with Crippen LogP contribution in [0, 0.1) is 13.8 Å². The molecule has 1 fully saturated rings. The highest BCUT2D eigenvalue weighted by Crippen LogP contribution is 2.26. The second-order valence-corrected chi connectivity index (χ2v) is 7.36. The van der Waals surface area contributed by atoms with Gasteiger partial charge in [0.2, 0.25) is 0 Å². The maximum absolute atomic E-state index is 13.0. The third-order valence-electron chi connectivity index (χ3n) is 5.14. The molecule has 2 amide bonds. The third kappa shape index (κ3) is 4.08. The number of nitrogens with zero attached hydrogens (tertiary/aromatic N) is 4. The third-order valence-corrected chi connectivity index (χ3v) is 5.14. The summed E-state index contributed by atoms with van der Waals surface area (Å²) in [6.45, 7) is 4.30. The van der Waals surface area contributed by atoms with E-state index in [1.807, 2.05) is 61.3 Å². The van der Waals surface area contributed by atoms with Gasteiger partial charge in [-0.3, -0.25) is 0 Å². The Bertz CT molecular complexity index is 938. The number of aryl methyl sites for hydroxylation is 2. The van der Waals surface area contributed by atoms with Gasteiger partial charge in [-0.15, -0.1) is 5.10 Å². The topological polar surface area (TPSA) is 76.2 Å². The zero-order valence-corrected chi connectivity index (χ0v) is 16.3. The van der Waals surface area contributed by atoms with Crippen molar-refractivity contribution in [2.45, 2.75) is 52.1 Å². The summed E-state index contributed by atoms with van der Waals surface area (Å²) in [4.78, 5) is 14.9. The molecule has 4 rings (SSSR count). The molecule has 0 spiro atoms. The van der Waals surface area contributed by atoms with Crippen LogP contribution in [0.4, 0.5) is 10.5 Å². The lowest BCUT2D eigenvalue weighted by Crippen LogP contribution is -2.41. The fraction of sp³-hybridized carbons (Fsp3) is 0.381. The van der Waals surface area contributed by atoms with E-state index in [1.165, 1.54) is 0 Å². The van der Waals surface area contributed by atoms with Crippen molar-refractivity contribution in [2.24, 2.45) is 0 Å². The van der Waals surface area contributed by atoms with Crippen LogP contribution in [0.1, 0.15) is 42.9 Å². The van der Waals surface area contributed by atoms with Crippen LogP contribution >= 0.6 is 0 Å². The Morgan fingerprint density at radius 3 is 2.54 bits per heavy atom. The van der Waals surface area contributed by atoms with Gasteiger partial charge in [0.1, 0.15) is 11.5 Å². The molecule has 0 unspecified atom stereocenters. The van der Waals surface area contributed by atoms with E-state index in [9.17, 15) is 4.79 Å². The van der Waals surface area contributed by atoms with Crippen molar-refractivity contribution < 1.29 is 9.21 Å². The van der Waals surface area contributed by atoms with Gasteiger partial charge in [0.15, 0.2) is 0 Å². The number of anilines is 1. The number of rotatable bonds is 5. The molecule has 2 heterocycles. The summed E-state index contributed by atoms with van der Waals surface area (Å²) in [5.74, 6) is 1.68. The first-order chi connectivity index (χ1) is 13.6. The van der Waals surface area contributed by atoms with Crippen LogP contribution in [0.25, 0.3) is 5.69 Å². The number of carbonyl (C=O) groups excluding carboxylic acids is 1. The van der Waals surface area contributed by atoms with Crippen molar-refractivity contribution in [1.29, 1.82) is 0 Å². The Morgan fingerprint density at radius 2 is 1.93 bits per heavy atom. The fourth-order valence-electron chi connectivity index (χ4n) is 3.69. The van der Waals surface area contributed by atoms with Gasteiger partial charge < -0.3 is 14.6 Å². The molecule has 1 aliphatic rings. The van der Waals surface area contributed by atoms with Crippen molar-refractivity contribution in [2.75, 3.05) is 5.32 Å². The van der Waals surface area contributed by atoms with Crippen LogP contribution in [-0.4, -0.2) is 32.0 Å². The molecule has 1 saturated carbocycles. The van der Waals surface area contributed by atoms with Gasteiger partial charge in [-0.05, 0) is 63.1 Å². The van der Waals surface area contributed by atoms with Gasteiger partial charge in [-0.1, -0.05) is 18.1 Å². The minimum absolute atomic E-state index is 0.0923. The molecule has 1 N–H and O–H groups in total. The molecule has 1 aromatic carbocycles. The van der Waals surface area contributed by atoms with Crippen LogP contribution in [-0.2, 0) is 6.54 Å². The van der Waals surface area contributed by atoms with Crippen LogP contribution < -0.4 is 5.32 Å². The summed E-state index contributed by atoms with van der Waals surface area (Å²) in [5, 5.41) is 11.1. The number of nitrogens with one attached hydrogen (secondary N) is 1. The van der Waals surface area contributed by atoms with Gasteiger partial charge in [0.25, 0.3) is 0 Å². The number of amides is 2. The first kappa shape index (κ1) is 18.3. The Labute approximate surface area is 164 Å². The molecule has 7 nitrogen and oxygen atoms in total. The smallest absolute Gasteiger partial charge is 0.322 e. The minimum atomic E-state index is -0.0923. The highest BCUT2D eigenvalue weighted by Gasteiger charge is 2.27. The second kappa shape index (κ2) is 7.88. The van der Waals surface area contributed by atoms with E-state index in [2.05, 4.69) is 15.6 Å². The fourth-order valence-corrected chi connectivity index (χ4v) is 3.69. The number of aromatic nitrogens is 3. The Hall–Kier alpha value is -3.09. The molecule has 0 radical (unpaired) electrons. The van der Waals surface area contributed by atoms with Gasteiger partial charge >= 0.3 is 6.03 Å². The number of furan rings is 1. The highest BCUT2D eigenvalue weighted by molar-refractivity contribution is 5.89.